The Morgan fingerprint density at radius 2 is 2.33 bits per heavy atom. The standard InChI is InChI=1S/C9H7NO2/c11-9(12)6-1-2-7-4-10-5-8(7)3-6/h1-2,4-5H,3H2,(H,11,12). The average molecular weight is 161 g/mol. The monoisotopic (exact) mass is 161 g/mol. The van der Waals surface area contributed by atoms with Crippen molar-refractivity contribution in [2.45, 2.75) is 6.42 Å². The van der Waals surface area contributed by atoms with Crippen molar-refractivity contribution in [3.8, 4) is 0 Å². The van der Waals surface area contributed by atoms with E-state index < -0.39 is 5.97 Å². The number of carbonyl (C=O) groups is 1. The van der Waals surface area contributed by atoms with Crippen LogP contribution >= 0.6 is 0 Å². The Hall–Kier alpha value is -1.64. The molecular weight excluding hydrogens is 154 g/mol. The van der Waals surface area contributed by atoms with Gasteiger partial charge in [0.2, 0.25) is 0 Å². The lowest BCUT2D eigenvalue weighted by Crippen LogP contribution is -2.05. The minimum absolute atomic E-state index is 0.426. The molecule has 12 heavy (non-hydrogen) atoms. The van der Waals surface area contributed by atoms with E-state index in [1.54, 1.807) is 24.6 Å². The molecule has 0 aromatic carbocycles. The zero-order chi connectivity index (χ0) is 8.55. The van der Waals surface area contributed by atoms with Crippen molar-refractivity contribution in [2.24, 2.45) is 4.99 Å². The molecule has 0 amide bonds. The van der Waals surface area contributed by atoms with E-state index in [1.165, 1.54) is 0 Å². The number of carboxylic acids is 1. The van der Waals surface area contributed by atoms with Gasteiger partial charge in [-0.3, -0.25) is 4.99 Å². The topological polar surface area (TPSA) is 49.7 Å². The molecule has 0 atom stereocenters. The summed E-state index contributed by atoms with van der Waals surface area (Å²) in [6.45, 7) is 0. The molecule has 0 aromatic heterocycles. The molecule has 60 valence electrons. The van der Waals surface area contributed by atoms with Crippen LogP contribution in [0.5, 0.6) is 0 Å². The minimum Gasteiger partial charge on any atom is -0.478 e. The second kappa shape index (κ2) is 2.44. The predicted octanol–water partition coefficient (Wildman–Crippen LogP) is 1.30. The molecule has 0 bridgehead atoms. The van der Waals surface area contributed by atoms with Crippen LogP contribution < -0.4 is 0 Å². The fraction of sp³-hybridized carbons (Fsp3) is 0.111. The summed E-state index contributed by atoms with van der Waals surface area (Å²) in [7, 11) is 0. The molecule has 2 aliphatic rings. The molecule has 1 aliphatic heterocycles. The average Bonchev–Trinajstić information content (AvgIpc) is 2.49. The van der Waals surface area contributed by atoms with E-state index in [0.29, 0.717) is 12.0 Å². The molecule has 1 heterocycles. The molecule has 2 rings (SSSR count). The summed E-state index contributed by atoms with van der Waals surface area (Å²) >= 11 is 0. The maximum Gasteiger partial charge on any atom is 0.331 e. The van der Waals surface area contributed by atoms with Crippen LogP contribution in [-0.2, 0) is 4.79 Å². The molecule has 0 aromatic rings. The van der Waals surface area contributed by atoms with Crippen molar-refractivity contribution in [3.05, 3.63) is 35.1 Å². The first-order chi connectivity index (χ1) is 5.77. The van der Waals surface area contributed by atoms with Gasteiger partial charge in [-0.15, -0.1) is 0 Å². The lowest BCUT2D eigenvalue weighted by atomic mass is 9.95. The van der Waals surface area contributed by atoms with Crippen LogP contribution in [0.4, 0.5) is 0 Å². The lowest BCUT2D eigenvalue weighted by molar-refractivity contribution is -0.132. The number of aliphatic carboxylic acids is 1. The smallest absolute Gasteiger partial charge is 0.331 e. The van der Waals surface area contributed by atoms with E-state index in [1.807, 2.05) is 0 Å². The molecule has 3 heteroatoms. The highest BCUT2D eigenvalue weighted by atomic mass is 16.4. The van der Waals surface area contributed by atoms with E-state index in [2.05, 4.69) is 4.99 Å². The van der Waals surface area contributed by atoms with Gasteiger partial charge in [-0.05, 0) is 11.1 Å². The van der Waals surface area contributed by atoms with Crippen LogP contribution in [0.2, 0.25) is 0 Å². The van der Waals surface area contributed by atoms with Crippen LogP contribution in [-0.4, -0.2) is 17.3 Å². The van der Waals surface area contributed by atoms with E-state index in [0.717, 1.165) is 11.1 Å². The van der Waals surface area contributed by atoms with Crippen LogP contribution in [0.1, 0.15) is 6.42 Å². The van der Waals surface area contributed by atoms with Gasteiger partial charge in [0, 0.05) is 24.4 Å². The maximum absolute atomic E-state index is 10.6. The lowest BCUT2D eigenvalue weighted by Gasteiger charge is -2.08. The van der Waals surface area contributed by atoms with Gasteiger partial charge in [-0.25, -0.2) is 4.79 Å². The first kappa shape index (κ1) is 7.03. The SMILES string of the molecule is O=C(O)C1=CC=C2C=NC=C2C1. The number of hydrogen-bond acceptors (Lipinski definition) is 2. The fourth-order valence-corrected chi connectivity index (χ4v) is 1.26. The summed E-state index contributed by atoms with van der Waals surface area (Å²) in [5.74, 6) is -0.849. The summed E-state index contributed by atoms with van der Waals surface area (Å²) < 4.78 is 0. The molecule has 3 nitrogen and oxygen atoms in total. The van der Waals surface area contributed by atoms with Crippen LogP contribution in [0.15, 0.2) is 40.1 Å². The van der Waals surface area contributed by atoms with Gasteiger partial charge in [0.1, 0.15) is 0 Å². The molecule has 1 aliphatic carbocycles. The third-order valence-corrected chi connectivity index (χ3v) is 1.93. The van der Waals surface area contributed by atoms with Gasteiger partial charge in [0.25, 0.3) is 0 Å². The van der Waals surface area contributed by atoms with Crippen molar-refractivity contribution in [2.75, 3.05) is 0 Å². The predicted molar refractivity (Wildman–Crippen MR) is 45.0 cm³/mol. The second-order valence-electron chi connectivity index (χ2n) is 2.73. The third kappa shape index (κ3) is 0.993. The zero-order valence-electron chi connectivity index (χ0n) is 6.32. The molecule has 0 radical (unpaired) electrons. The van der Waals surface area contributed by atoms with Gasteiger partial charge in [-0.1, -0.05) is 12.2 Å². The summed E-state index contributed by atoms with van der Waals surface area (Å²) in [5.41, 5.74) is 2.45. The quantitative estimate of drug-likeness (QED) is 0.630. The Kier molecular flexibility index (Phi) is 1.43. The molecule has 1 N–H and O–H groups in total. The number of nitrogens with zero attached hydrogens (tertiary/aromatic N) is 1. The van der Waals surface area contributed by atoms with Crippen LogP contribution in [0.25, 0.3) is 0 Å². The highest BCUT2D eigenvalue weighted by molar-refractivity contribution is 5.94. The normalized spacial score (nSPS) is 19.5. The molecule has 0 saturated heterocycles. The number of fused-ring (bicyclic) bond motifs is 1. The first-order valence-corrected chi connectivity index (χ1v) is 3.64. The Morgan fingerprint density at radius 3 is 3.08 bits per heavy atom. The number of aliphatic imine (C=N–C) groups is 1. The third-order valence-electron chi connectivity index (χ3n) is 1.93. The summed E-state index contributed by atoms with van der Waals surface area (Å²) in [5, 5.41) is 8.69. The van der Waals surface area contributed by atoms with Crippen LogP contribution in [0.3, 0.4) is 0 Å². The van der Waals surface area contributed by atoms with Gasteiger partial charge in [0.15, 0.2) is 0 Å². The summed E-state index contributed by atoms with van der Waals surface area (Å²) in [6.07, 6.45) is 7.36. The van der Waals surface area contributed by atoms with Crippen molar-refractivity contribution in [3.63, 3.8) is 0 Å². The number of carboxylic acid groups (broad SMARTS) is 1. The van der Waals surface area contributed by atoms with Crippen LogP contribution in [0, 0.1) is 0 Å². The van der Waals surface area contributed by atoms with Gasteiger partial charge in [0.05, 0.1) is 0 Å². The number of hydrogen-bond donors (Lipinski definition) is 1. The number of rotatable bonds is 1. The van der Waals surface area contributed by atoms with Gasteiger partial charge >= 0.3 is 5.97 Å². The van der Waals surface area contributed by atoms with Gasteiger partial charge < -0.3 is 5.11 Å². The highest BCUT2D eigenvalue weighted by Crippen LogP contribution is 2.26. The molecule has 0 spiro atoms. The van der Waals surface area contributed by atoms with Gasteiger partial charge in [-0.2, -0.15) is 0 Å². The molecular formula is C9H7NO2. The summed E-state index contributed by atoms with van der Waals surface area (Å²) in [6, 6.07) is 0. The Labute approximate surface area is 69.4 Å². The molecule has 0 unspecified atom stereocenters. The van der Waals surface area contributed by atoms with Crippen molar-refractivity contribution in [1.29, 1.82) is 0 Å². The zero-order valence-corrected chi connectivity index (χ0v) is 6.32. The van der Waals surface area contributed by atoms with Crippen molar-refractivity contribution < 1.29 is 9.90 Å². The molecule has 0 saturated carbocycles. The van der Waals surface area contributed by atoms with E-state index in [4.69, 9.17) is 5.11 Å². The Bertz CT molecular complexity index is 359. The Balaban J connectivity index is 2.33. The Morgan fingerprint density at radius 1 is 1.50 bits per heavy atom. The minimum atomic E-state index is -0.849. The second-order valence-corrected chi connectivity index (χ2v) is 2.73. The first-order valence-electron chi connectivity index (χ1n) is 3.64. The largest absolute Gasteiger partial charge is 0.478 e. The van der Waals surface area contributed by atoms with Crippen molar-refractivity contribution in [1.82, 2.24) is 0 Å². The summed E-state index contributed by atoms with van der Waals surface area (Å²) in [4.78, 5) is 14.5. The number of allylic oxidation sites excluding steroid dienone is 4. The highest BCUT2D eigenvalue weighted by Gasteiger charge is 2.17. The van der Waals surface area contributed by atoms with E-state index in [9.17, 15) is 4.79 Å². The maximum atomic E-state index is 10.6. The molecule has 0 fully saturated rings. The fourth-order valence-electron chi connectivity index (χ4n) is 1.26. The van der Waals surface area contributed by atoms with E-state index >= 15 is 0 Å². The van der Waals surface area contributed by atoms with E-state index in [-0.39, 0.29) is 0 Å². The van der Waals surface area contributed by atoms with Crippen molar-refractivity contribution >= 4 is 12.2 Å².